The number of carbonyl (C=O) groups excluding carboxylic acids is 2. The molecule has 0 unspecified atom stereocenters. The molecule has 0 aliphatic carbocycles. The van der Waals surface area contributed by atoms with Crippen molar-refractivity contribution in [3.63, 3.8) is 0 Å². The number of carbonyl (C=O) groups is 2. The molecule has 0 atom stereocenters. The second-order valence-corrected chi connectivity index (χ2v) is 3.39. The molecule has 0 spiro atoms. The normalized spacial score (nSPS) is 9.93. The lowest BCUT2D eigenvalue weighted by molar-refractivity contribution is 0.101. The predicted octanol–water partition coefficient (Wildman–Crippen LogP) is 2.57. The van der Waals surface area contributed by atoms with E-state index in [-0.39, 0.29) is 5.78 Å². The van der Waals surface area contributed by atoms with Crippen LogP contribution >= 0.6 is 0 Å². The molecule has 0 heterocycles. The van der Waals surface area contributed by atoms with Gasteiger partial charge < -0.3 is 0 Å². The van der Waals surface area contributed by atoms with Gasteiger partial charge in [0.15, 0.2) is 5.78 Å². The molecule has 0 radical (unpaired) electrons. The van der Waals surface area contributed by atoms with Crippen LogP contribution in [0.15, 0.2) is 12.1 Å². The van der Waals surface area contributed by atoms with Crippen LogP contribution in [-0.4, -0.2) is 12.1 Å². The lowest BCUT2D eigenvalue weighted by Crippen LogP contribution is -2.03. The predicted molar refractivity (Wildman–Crippen MR) is 55.9 cm³/mol. The number of rotatable bonds is 3. The van der Waals surface area contributed by atoms with E-state index in [1.165, 1.54) is 6.92 Å². The Bertz CT molecular complexity index is 378. The Kier molecular flexibility index (Phi) is 3.18. The minimum absolute atomic E-state index is 0.0219. The average molecular weight is 190 g/mol. The van der Waals surface area contributed by atoms with Crippen LogP contribution in [0.4, 0.5) is 0 Å². The summed E-state index contributed by atoms with van der Waals surface area (Å²) in [5.41, 5.74) is 3.31. The Morgan fingerprint density at radius 2 is 2.07 bits per heavy atom. The molecule has 0 amide bonds. The number of hydrogen-bond acceptors (Lipinski definition) is 2. The van der Waals surface area contributed by atoms with Crippen LogP contribution in [0, 0.1) is 6.92 Å². The molecule has 2 heteroatoms. The molecule has 0 fully saturated rings. The van der Waals surface area contributed by atoms with Crippen LogP contribution in [0.25, 0.3) is 0 Å². The van der Waals surface area contributed by atoms with Gasteiger partial charge in [-0.3, -0.25) is 9.59 Å². The lowest BCUT2D eigenvalue weighted by Gasteiger charge is -2.09. The summed E-state index contributed by atoms with van der Waals surface area (Å²) in [4.78, 5) is 22.0. The third-order valence-electron chi connectivity index (χ3n) is 2.36. The van der Waals surface area contributed by atoms with Gasteiger partial charge in [0.05, 0.1) is 0 Å². The van der Waals surface area contributed by atoms with E-state index < -0.39 is 0 Å². The number of benzene rings is 1. The molecule has 2 nitrogen and oxygen atoms in total. The zero-order chi connectivity index (χ0) is 10.7. The molecule has 1 aromatic carbocycles. The van der Waals surface area contributed by atoms with E-state index in [1.807, 2.05) is 19.9 Å². The molecule has 0 N–H and O–H groups in total. The zero-order valence-electron chi connectivity index (χ0n) is 8.76. The van der Waals surface area contributed by atoms with Crippen LogP contribution in [0.3, 0.4) is 0 Å². The Balaban J connectivity index is 3.42. The number of aldehydes is 1. The highest BCUT2D eigenvalue weighted by atomic mass is 16.1. The summed E-state index contributed by atoms with van der Waals surface area (Å²) in [6.07, 6.45) is 1.60. The second kappa shape index (κ2) is 4.18. The molecule has 14 heavy (non-hydrogen) atoms. The third kappa shape index (κ3) is 1.90. The van der Waals surface area contributed by atoms with Gasteiger partial charge in [-0.05, 0) is 43.5 Å². The second-order valence-electron chi connectivity index (χ2n) is 3.39. The molecule has 0 saturated carbocycles. The maximum absolute atomic E-state index is 11.3. The van der Waals surface area contributed by atoms with Gasteiger partial charge in [0.1, 0.15) is 6.29 Å². The van der Waals surface area contributed by atoms with Crippen molar-refractivity contribution in [3.05, 3.63) is 34.4 Å². The van der Waals surface area contributed by atoms with Crippen molar-refractivity contribution in [1.29, 1.82) is 0 Å². The molecule has 0 bridgehead atoms. The van der Waals surface area contributed by atoms with E-state index in [1.54, 1.807) is 6.07 Å². The minimum atomic E-state index is 0.0219. The van der Waals surface area contributed by atoms with Crippen molar-refractivity contribution in [2.45, 2.75) is 27.2 Å². The van der Waals surface area contributed by atoms with Crippen LogP contribution in [0.5, 0.6) is 0 Å². The van der Waals surface area contributed by atoms with Crippen molar-refractivity contribution >= 4 is 12.1 Å². The smallest absolute Gasteiger partial charge is 0.160 e. The Hall–Kier alpha value is -1.44. The first-order chi connectivity index (χ1) is 6.60. The van der Waals surface area contributed by atoms with Crippen LogP contribution in [0.1, 0.15) is 45.7 Å². The number of aryl methyl sites for hydroxylation is 1. The van der Waals surface area contributed by atoms with E-state index in [4.69, 9.17) is 0 Å². The summed E-state index contributed by atoms with van der Waals surface area (Å²) >= 11 is 0. The molecule has 74 valence electrons. The highest BCUT2D eigenvalue weighted by molar-refractivity contribution is 5.97. The van der Waals surface area contributed by atoms with E-state index in [0.29, 0.717) is 11.1 Å². The van der Waals surface area contributed by atoms with E-state index >= 15 is 0 Å². The summed E-state index contributed by atoms with van der Waals surface area (Å²) < 4.78 is 0. The number of Topliss-reactive ketones (excluding diaryl/α,β-unsaturated/α-hetero) is 1. The summed E-state index contributed by atoms with van der Waals surface area (Å²) in [7, 11) is 0. The first-order valence-electron chi connectivity index (χ1n) is 4.69. The molecular formula is C12H14O2. The SMILES string of the molecule is CCc1c(C)cc(C=O)cc1C(C)=O. The number of hydrogen-bond donors (Lipinski definition) is 0. The summed E-state index contributed by atoms with van der Waals surface area (Å²) in [6, 6.07) is 3.49. The standard InChI is InChI=1S/C12H14O2/c1-4-11-8(2)5-10(7-13)6-12(11)9(3)14/h5-7H,4H2,1-3H3. The molecule has 0 aromatic heterocycles. The average Bonchev–Trinajstić information content (AvgIpc) is 2.16. The van der Waals surface area contributed by atoms with Gasteiger partial charge in [0, 0.05) is 11.1 Å². The quantitative estimate of drug-likeness (QED) is 0.542. The molecule has 0 aliphatic heterocycles. The van der Waals surface area contributed by atoms with Gasteiger partial charge in [-0.2, -0.15) is 0 Å². The van der Waals surface area contributed by atoms with Crippen LogP contribution in [-0.2, 0) is 6.42 Å². The zero-order valence-corrected chi connectivity index (χ0v) is 8.76. The third-order valence-corrected chi connectivity index (χ3v) is 2.36. The molecular weight excluding hydrogens is 176 g/mol. The Morgan fingerprint density at radius 3 is 2.50 bits per heavy atom. The van der Waals surface area contributed by atoms with Gasteiger partial charge in [-0.25, -0.2) is 0 Å². The van der Waals surface area contributed by atoms with Crippen molar-refractivity contribution in [1.82, 2.24) is 0 Å². The van der Waals surface area contributed by atoms with Gasteiger partial charge >= 0.3 is 0 Å². The van der Waals surface area contributed by atoms with Crippen molar-refractivity contribution < 1.29 is 9.59 Å². The monoisotopic (exact) mass is 190 g/mol. The van der Waals surface area contributed by atoms with Gasteiger partial charge in [-0.15, -0.1) is 0 Å². The van der Waals surface area contributed by atoms with Gasteiger partial charge in [0.2, 0.25) is 0 Å². The maximum Gasteiger partial charge on any atom is 0.160 e. The van der Waals surface area contributed by atoms with E-state index in [9.17, 15) is 9.59 Å². The maximum atomic E-state index is 11.3. The lowest BCUT2D eigenvalue weighted by atomic mass is 9.95. The summed E-state index contributed by atoms with van der Waals surface area (Å²) in [5, 5.41) is 0. The van der Waals surface area contributed by atoms with Gasteiger partial charge in [-0.1, -0.05) is 6.92 Å². The summed E-state index contributed by atoms with van der Waals surface area (Å²) in [6.45, 7) is 5.47. The molecule has 1 rings (SSSR count). The van der Waals surface area contributed by atoms with Crippen LogP contribution in [0.2, 0.25) is 0 Å². The molecule has 0 saturated heterocycles. The van der Waals surface area contributed by atoms with Crippen LogP contribution < -0.4 is 0 Å². The fourth-order valence-corrected chi connectivity index (χ4v) is 1.70. The fourth-order valence-electron chi connectivity index (χ4n) is 1.70. The topological polar surface area (TPSA) is 34.1 Å². The highest BCUT2D eigenvalue weighted by Gasteiger charge is 2.09. The molecule has 1 aromatic rings. The van der Waals surface area contributed by atoms with Gasteiger partial charge in [0.25, 0.3) is 0 Å². The Labute approximate surface area is 83.9 Å². The van der Waals surface area contributed by atoms with E-state index in [0.717, 1.165) is 23.8 Å². The molecule has 0 aliphatic rings. The highest BCUT2D eigenvalue weighted by Crippen LogP contribution is 2.17. The minimum Gasteiger partial charge on any atom is -0.298 e. The van der Waals surface area contributed by atoms with Crippen molar-refractivity contribution in [2.75, 3.05) is 0 Å². The largest absolute Gasteiger partial charge is 0.298 e. The van der Waals surface area contributed by atoms with Crippen molar-refractivity contribution in [2.24, 2.45) is 0 Å². The van der Waals surface area contributed by atoms with E-state index in [2.05, 4.69) is 0 Å². The first-order valence-corrected chi connectivity index (χ1v) is 4.69. The first kappa shape index (κ1) is 10.6. The Morgan fingerprint density at radius 1 is 1.43 bits per heavy atom. The van der Waals surface area contributed by atoms with Crippen molar-refractivity contribution in [3.8, 4) is 0 Å². The number of ketones is 1. The summed E-state index contributed by atoms with van der Waals surface area (Å²) in [5.74, 6) is 0.0219. The fraction of sp³-hybridized carbons (Fsp3) is 0.333.